The van der Waals surface area contributed by atoms with Crippen LogP contribution in [0.1, 0.15) is 48.0 Å². The lowest BCUT2D eigenvalue weighted by atomic mass is 9.76. The summed E-state index contributed by atoms with van der Waals surface area (Å²) in [5.41, 5.74) is 1.37. The molecule has 0 aliphatic carbocycles. The van der Waals surface area contributed by atoms with Crippen LogP contribution in [0.15, 0.2) is 18.2 Å². The van der Waals surface area contributed by atoms with Crippen LogP contribution in [0, 0.1) is 18.7 Å². The number of ketones is 1. The molecule has 0 amide bonds. The molecule has 2 bridgehead atoms. The quantitative estimate of drug-likeness (QED) is 0.769. The number of hydrogen-bond donors (Lipinski definition) is 0. The van der Waals surface area contributed by atoms with Gasteiger partial charge in [-0.3, -0.25) is 4.79 Å². The van der Waals surface area contributed by atoms with Crippen molar-refractivity contribution in [2.24, 2.45) is 5.92 Å². The monoisotopic (exact) mass is 275 g/mol. The SMILES string of the molecule is Cc1cc(F)cc(C(=O)C2CC3CCCC(C2)N3C)c1. The Morgan fingerprint density at radius 2 is 1.85 bits per heavy atom. The van der Waals surface area contributed by atoms with Gasteiger partial charge in [-0.25, -0.2) is 4.39 Å². The number of aryl methyl sites for hydroxylation is 1. The van der Waals surface area contributed by atoms with Gasteiger partial charge in [-0.05, 0) is 63.4 Å². The summed E-state index contributed by atoms with van der Waals surface area (Å²) >= 11 is 0. The van der Waals surface area contributed by atoms with E-state index in [1.54, 1.807) is 0 Å². The average Bonchev–Trinajstić information content (AvgIpc) is 2.36. The number of carbonyl (C=O) groups is 1. The molecular weight excluding hydrogens is 253 g/mol. The lowest BCUT2D eigenvalue weighted by Crippen LogP contribution is -2.51. The van der Waals surface area contributed by atoms with Gasteiger partial charge in [0.25, 0.3) is 0 Å². The van der Waals surface area contributed by atoms with E-state index >= 15 is 0 Å². The van der Waals surface area contributed by atoms with Crippen molar-refractivity contribution in [3.05, 3.63) is 35.1 Å². The van der Waals surface area contributed by atoms with Gasteiger partial charge in [0.05, 0.1) is 0 Å². The molecule has 1 aromatic carbocycles. The number of fused-ring (bicyclic) bond motifs is 2. The third-order valence-electron chi connectivity index (χ3n) is 5.04. The van der Waals surface area contributed by atoms with E-state index in [4.69, 9.17) is 0 Å². The fourth-order valence-electron chi connectivity index (χ4n) is 3.94. The summed E-state index contributed by atoms with van der Waals surface area (Å²) in [5, 5.41) is 0. The van der Waals surface area contributed by atoms with Gasteiger partial charge in [0, 0.05) is 23.6 Å². The average molecular weight is 275 g/mol. The van der Waals surface area contributed by atoms with Crippen LogP contribution in [0.25, 0.3) is 0 Å². The Morgan fingerprint density at radius 1 is 1.20 bits per heavy atom. The van der Waals surface area contributed by atoms with Gasteiger partial charge in [-0.15, -0.1) is 0 Å². The van der Waals surface area contributed by atoms with Crippen LogP contribution in [0.3, 0.4) is 0 Å². The highest BCUT2D eigenvalue weighted by Crippen LogP contribution is 2.37. The molecule has 20 heavy (non-hydrogen) atoms. The predicted molar refractivity (Wildman–Crippen MR) is 77.4 cm³/mol. The van der Waals surface area contributed by atoms with E-state index in [-0.39, 0.29) is 17.5 Å². The minimum Gasteiger partial charge on any atom is -0.300 e. The number of halogens is 1. The molecule has 108 valence electrons. The zero-order valence-corrected chi connectivity index (χ0v) is 12.2. The topological polar surface area (TPSA) is 20.3 Å². The molecule has 2 aliphatic rings. The Labute approximate surface area is 120 Å². The normalized spacial score (nSPS) is 30.2. The Kier molecular flexibility index (Phi) is 3.63. The predicted octanol–water partition coefficient (Wildman–Crippen LogP) is 3.58. The second-order valence-electron chi connectivity index (χ2n) is 6.45. The Bertz CT molecular complexity index is 493. The van der Waals surface area contributed by atoms with Crippen LogP contribution >= 0.6 is 0 Å². The third-order valence-corrected chi connectivity index (χ3v) is 5.04. The van der Waals surface area contributed by atoms with Gasteiger partial charge in [-0.2, -0.15) is 0 Å². The van der Waals surface area contributed by atoms with E-state index < -0.39 is 0 Å². The van der Waals surface area contributed by atoms with Gasteiger partial charge in [0.1, 0.15) is 5.82 Å². The molecule has 2 atom stereocenters. The Balaban J connectivity index is 1.81. The Hall–Kier alpha value is -1.22. The highest BCUT2D eigenvalue weighted by Gasteiger charge is 2.38. The maximum atomic E-state index is 13.5. The minimum atomic E-state index is -0.304. The van der Waals surface area contributed by atoms with Crippen LogP contribution < -0.4 is 0 Å². The maximum Gasteiger partial charge on any atom is 0.166 e. The van der Waals surface area contributed by atoms with Crippen LogP contribution in [-0.2, 0) is 0 Å². The molecule has 2 saturated heterocycles. The van der Waals surface area contributed by atoms with Crippen LogP contribution in [0.4, 0.5) is 4.39 Å². The molecule has 2 fully saturated rings. The van der Waals surface area contributed by atoms with Crippen molar-refractivity contribution in [3.8, 4) is 0 Å². The second-order valence-corrected chi connectivity index (χ2v) is 6.45. The molecule has 3 heteroatoms. The minimum absolute atomic E-state index is 0.0719. The standard InChI is InChI=1S/C17H22FNO/c1-11-6-12(8-14(18)7-11)17(20)13-9-15-4-3-5-16(10-13)19(15)2/h6-8,13,15-16H,3-5,9-10H2,1-2H3. The van der Waals surface area contributed by atoms with Crippen LogP contribution in [0.5, 0.6) is 0 Å². The number of rotatable bonds is 2. The van der Waals surface area contributed by atoms with Crippen molar-refractivity contribution < 1.29 is 9.18 Å². The van der Waals surface area contributed by atoms with Gasteiger partial charge in [0.2, 0.25) is 0 Å². The number of piperidine rings is 2. The summed E-state index contributed by atoms with van der Waals surface area (Å²) < 4.78 is 13.5. The molecular formula is C17H22FNO. The van der Waals surface area contributed by atoms with Gasteiger partial charge >= 0.3 is 0 Å². The first-order valence-electron chi connectivity index (χ1n) is 7.58. The zero-order valence-electron chi connectivity index (χ0n) is 12.2. The maximum absolute atomic E-state index is 13.5. The summed E-state index contributed by atoms with van der Waals surface area (Å²) in [7, 11) is 2.18. The molecule has 2 unspecified atom stereocenters. The van der Waals surface area contributed by atoms with Crippen LogP contribution in [-0.4, -0.2) is 29.8 Å². The van der Waals surface area contributed by atoms with E-state index in [9.17, 15) is 9.18 Å². The zero-order chi connectivity index (χ0) is 14.3. The summed E-state index contributed by atoms with van der Waals surface area (Å²) in [6.45, 7) is 1.84. The Morgan fingerprint density at radius 3 is 2.45 bits per heavy atom. The van der Waals surface area contributed by atoms with Gasteiger partial charge in [-0.1, -0.05) is 6.42 Å². The lowest BCUT2D eigenvalue weighted by Gasteiger charge is -2.46. The van der Waals surface area contributed by atoms with Crippen molar-refractivity contribution in [3.63, 3.8) is 0 Å². The summed E-state index contributed by atoms with van der Waals surface area (Å²) in [4.78, 5) is 15.1. The highest BCUT2D eigenvalue weighted by atomic mass is 19.1. The lowest BCUT2D eigenvalue weighted by molar-refractivity contribution is 0.0338. The van der Waals surface area contributed by atoms with Gasteiger partial charge < -0.3 is 4.90 Å². The molecule has 1 aromatic rings. The first kappa shape index (κ1) is 13.7. The van der Waals surface area contributed by atoms with E-state index in [0.717, 1.165) is 18.4 Å². The van der Waals surface area contributed by atoms with E-state index in [1.807, 2.05) is 13.0 Å². The molecule has 2 aliphatic heterocycles. The number of Topliss-reactive ketones (excluding diaryl/α,β-unsaturated/α-hetero) is 1. The van der Waals surface area contributed by atoms with Crippen molar-refractivity contribution in [2.75, 3.05) is 7.05 Å². The van der Waals surface area contributed by atoms with Gasteiger partial charge in [0.15, 0.2) is 5.78 Å². The largest absolute Gasteiger partial charge is 0.300 e. The first-order valence-corrected chi connectivity index (χ1v) is 7.58. The first-order chi connectivity index (χ1) is 9.54. The van der Waals surface area contributed by atoms with Crippen molar-refractivity contribution >= 4 is 5.78 Å². The third kappa shape index (κ3) is 2.51. The van der Waals surface area contributed by atoms with Crippen molar-refractivity contribution in [1.82, 2.24) is 4.90 Å². The summed E-state index contributed by atoms with van der Waals surface area (Å²) in [6.07, 6.45) is 5.53. The summed E-state index contributed by atoms with van der Waals surface area (Å²) in [6, 6.07) is 5.75. The number of carbonyl (C=O) groups excluding carboxylic acids is 1. The molecule has 2 heterocycles. The number of nitrogens with zero attached hydrogens (tertiary/aromatic N) is 1. The van der Waals surface area contributed by atoms with E-state index in [1.165, 1.54) is 31.4 Å². The van der Waals surface area contributed by atoms with Crippen molar-refractivity contribution in [2.45, 2.75) is 51.1 Å². The molecule has 0 saturated carbocycles. The second kappa shape index (κ2) is 5.28. The smallest absolute Gasteiger partial charge is 0.166 e. The molecule has 0 aromatic heterocycles. The number of hydrogen-bond acceptors (Lipinski definition) is 2. The highest BCUT2D eigenvalue weighted by molar-refractivity contribution is 5.98. The van der Waals surface area contributed by atoms with E-state index in [2.05, 4.69) is 11.9 Å². The molecule has 2 nitrogen and oxygen atoms in total. The fourth-order valence-corrected chi connectivity index (χ4v) is 3.94. The molecule has 0 radical (unpaired) electrons. The molecule has 0 N–H and O–H groups in total. The van der Waals surface area contributed by atoms with Crippen molar-refractivity contribution in [1.29, 1.82) is 0 Å². The van der Waals surface area contributed by atoms with Crippen LogP contribution in [0.2, 0.25) is 0 Å². The van der Waals surface area contributed by atoms with E-state index in [0.29, 0.717) is 17.6 Å². The summed E-state index contributed by atoms with van der Waals surface area (Å²) in [5.74, 6) is -0.0956. The fraction of sp³-hybridized carbons (Fsp3) is 0.588. The molecule has 3 rings (SSSR count). The number of benzene rings is 1. The molecule has 0 spiro atoms.